The molecule has 7 nitrogen and oxygen atoms in total. The van der Waals surface area contributed by atoms with Gasteiger partial charge in [0.15, 0.2) is 6.61 Å². The third-order valence-electron chi connectivity index (χ3n) is 4.70. The van der Waals surface area contributed by atoms with Crippen LogP contribution in [0.3, 0.4) is 0 Å². The van der Waals surface area contributed by atoms with E-state index in [0.29, 0.717) is 30.2 Å². The molecule has 172 valence electrons. The summed E-state index contributed by atoms with van der Waals surface area (Å²) in [7, 11) is 1.53. The lowest BCUT2D eigenvalue weighted by Crippen LogP contribution is -2.27. The van der Waals surface area contributed by atoms with E-state index in [-0.39, 0.29) is 12.2 Å². The number of nitriles is 1. The first-order chi connectivity index (χ1) is 16.6. The molecule has 3 aromatic rings. The summed E-state index contributed by atoms with van der Waals surface area (Å²) in [4.78, 5) is 24.3. The van der Waals surface area contributed by atoms with Crippen molar-refractivity contribution >= 4 is 18.0 Å². The molecule has 0 unspecified atom stereocenters. The Kier molecular flexibility index (Phi) is 8.97. The van der Waals surface area contributed by atoms with E-state index in [4.69, 9.17) is 14.2 Å². The van der Waals surface area contributed by atoms with Gasteiger partial charge in [-0.05, 0) is 35.4 Å². The number of benzene rings is 3. The molecule has 0 heterocycles. The summed E-state index contributed by atoms with van der Waals surface area (Å²) in [6.45, 7) is 0.402. The Labute approximate surface area is 198 Å². The lowest BCUT2D eigenvalue weighted by Gasteiger charge is -2.11. The second kappa shape index (κ2) is 12.6. The normalized spacial score (nSPS) is 10.8. The van der Waals surface area contributed by atoms with E-state index in [0.717, 1.165) is 11.1 Å². The molecule has 1 amide bonds. The fraction of sp³-hybridized carbons (Fsp3) is 0.148. The molecule has 0 spiro atoms. The summed E-state index contributed by atoms with van der Waals surface area (Å²) in [5.74, 6) is -0.131. The third-order valence-corrected chi connectivity index (χ3v) is 4.70. The average molecular weight is 456 g/mol. The van der Waals surface area contributed by atoms with Crippen LogP contribution in [-0.2, 0) is 14.3 Å². The number of methoxy groups -OCH3 is 1. The maximum absolute atomic E-state index is 12.3. The Morgan fingerprint density at radius 2 is 1.68 bits per heavy atom. The Morgan fingerprint density at radius 3 is 2.38 bits per heavy atom. The van der Waals surface area contributed by atoms with Crippen LogP contribution in [0.25, 0.3) is 17.2 Å². The summed E-state index contributed by atoms with van der Waals surface area (Å²) >= 11 is 0. The highest BCUT2D eigenvalue weighted by Gasteiger charge is 2.11. The standard InChI is InChI=1S/C27H24N2O5/c1-32-16-15-29-27(31)22(18-28)17-20-11-13-23(14-12-20)34-26(30)19-33-25-10-6-5-9-24(25)21-7-3-2-4-8-21/h2-14,17H,15-16,19H2,1H3,(H,29,31)/b22-17+. The number of hydrogen-bond donors (Lipinski definition) is 1. The van der Waals surface area contributed by atoms with Crippen molar-refractivity contribution in [2.75, 3.05) is 26.9 Å². The highest BCUT2D eigenvalue weighted by atomic mass is 16.6. The molecule has 7 heteroatoms. The van der Waals surface area contributed by atoms with Crippen LogP contribution in [0, 0.1) is 11.3 Å². The van der Waals surface area contributed by atoms with E-state index >= 15 is 0 Å². The molecule has 0 bridgehead atoms. The SMILES string of the molecule is COCCNC(=O)/C(C#N)=C/c1ccc(OC(=O)COc2ccccc2-c2ccccc2)cc1. The molecule has 1 N–H and O–H groups in total. The molecule has 0 fully saturated rings. The van der Waals surface area contributed by atoms with Crippen LogP contribution in [-0.4, -0.2) is 38.7 Å². The van der Waals surface area contributed by atoms with Gasteiger partial charge in [0, 0.05) is 19.2 Å². The number of amides is 1. The summed E-state index contributed by atoms with van der Waals surface area (Å²) < 4.78 is 15.9. The minimum Gasteiger partial charge on any atom is -0.481 e. The maximum atomic E-state index is 12.3. The van der Waals surface area contributed by atoms with Crippen molar-refractivity contribution in [3.8, 4) is 28.7 Å². The van der Waals surface area contributed by atoms with E-state index in [1.807, 2.05) is 54.6 Å². The fourth-order valence-electron chi connectivity index (χ4n) is 3.06. The molecule has 34 heavy (non-hydrogen) atoms. The van der Waals surface area contributed by atoms with Gasteiger partial charge in [-0.1, -0.05) is 60.7 Å². The van der Waals surface area contributed by atoms with Gasteiger partial charge in [-0.2, -0.15) is 5.26 Å². The zero-order chi connectivity index (χ0) is 24.2. The van der Waals surface area contributed by atoms with E-state index in [9.17, 15) is 14.9 Å². The van der Waals surface area contributed by atoms with Crippen molar-refractivity contribution in [3.05, 3.63) is 90.0 Å². The van der Waals surface area contributed by atoms with Gasteiger partial charge in [-0.15, -0.1) is 0 Å². The summed E-state index contributed by atoms with van der Waals surface area (Å²) in [6, 6.07) is 25.6. The lowest BCUT2D eigenvalue weighted by atomic mass is 10.1. The van der Waals surface area contributed by atoms with Gasteiger partial charge in [0.2, 0.25) is 0 Å². The zero-order valence-corrected chi connectivity index (χ0v) is 18.7. The molecule has 0 atom stereocenters. The number of carbonyl (C=O) groups is 2. The van der Waals surface area contributed by atoms with Crippen LogP contribution in [0.1, 0.15) is 5.56 Å². The van der Waals surface area contributed by atoms with Crippen molar-refractivity contribution in [1.82, 2.24) is 5.32 Å². The second-order valence-electron chi connectivity index (χ2n) is 7.11. The summed E-state index contributed by atoms with van der Waals surface area (Å²) in [5.41, 5.74) is 2.45. The topological polar surface area (TPSA) is 97.6 Å². The molecule has 0 aliphatic carbocycles. The Bertz CT molecular complexity index is 1180. The molecule has 0 saturated heterocycles. The molecule has 0 saturated carbocycles. The molecule has 3 rings (SSSR count). The number of rotatable bonds is 10. The average Bonchev–Trinajstić information content (AvgIpc) is 2.87. The molecule has 3 aromatic carbocycles. The summed E-state index contributed by atoms with van der Waals surface area (Å²) in [5, 5.41) is 11.8. The lowest BCUT2D eigenvalue weighted by molar-refractivity contribution is -0.136. The number of esters is 1. The summed E-state index contributed by atoms with van der Waals surface area (Å²) in [6.07, 6.45) is 1.46. The first kappa shape index (κ1) is 24.2. The smallest absolute Gasteiger partial charge is 0.349 e. The van der Waals surface area contributed by atoms with Crippen molar-refractivity contribution in [2.45, 2.75) is 0 Å². The molecule has 0 aromatic heterocycles. The first-order valence-corrected chi connectivity index (χ1v) is 10.6. The minimum absolute atomic E-state index is 0.0358. The highest BCUT2D eigenvalue weighted by Crippen LogP contribution is 2.29. The van der Waals surface area contributed by atoms with E-state index < -0.39 is 11.9 Å². The van der Waals surface area contributed by atoms with Gasteiger partial charge < -0.3 is 19.5 Å². The van der Waals surface area contributed by atoms with E-state index in [2.05, 4.69) is 5.32 Å². The number of hydrogen-bond acceptors (Lipinski definition) is 6. The van der Waals surface area contributed by atoms with Gasteiger partial charge in [-0.3, -0.25) is 4.79 Å². The monoisotopic (exact) mass is 456 g/mol. The van der Waals surface area contributed by atoms with Crippen LogP contribution in [0.2, 0.25) is 0 Å². The van der Waals surface area contributed by atoms with Crippen LogP contribution < -0.4 is 14.8 Å². The highest BCUT2D eigenvalue weighted by molar-refractivity contribution is 6.01. The minimum atomic E-state index is -0.554. The van der Waals surface area contributed by atoms with Crippen LogP contribution in [0.15, 0.2) is 84.4 Å². The maximum Gasteiger partial charge on any atom is 0.349 e. The van der Waals surface area contributed by atoms with Crippen LogP contribution in [0.5, 0.6) is 11.5 Å². The van der Waals surface area contributed by atoms with Crippen LogP contribution >= 0.6 is 0 Å². The number of nitrogens with zero attached hydrogens (tertiary/aromatic N) is 1. The molecule has 0 aliphatic heterocycles. The van der Waals surface area contributed by atoms with Gasteiger partial charge in [0.1, 0.15) is 23.1 Å². The predicted octanol–water partition coefficient (Wildman–Crippen LogP) is 4.01. The van der Waals surface area contributed by atoms with Gasteiger partial charge in [0.25, 0.3) is 5.91 Å². The largest absolute Gasteiger partial charge is 0.481 e. The van der Waals surface area contributed by atoms with Gasteiger partial charge in [-0.25, -0.2) is 4.79 Å². The molecular weight excluding hydrogens is 432 g/mol. The van der Waals surface area contributed by atoms with Crippen molar-refractivity contribution in [3.63, 3.8) is 0 Å². The number of para-hydroxylation sites is 1. The van der Waals surface area contributed by atoms with Crippen LogP contribution in [0.4, 0.5) is 0 Å². The third kappa shape index (κ3) is 7.05. The van der Waals surface area contributed by atoms with Crippen molar-refractivity contribution in [2.24, 2.45) is 0 Å². The first-order valence-electron chi connectivity index (χ1n) is 10.6. The van der Waals surface area contributed by atoms with Gasteiger partial charge in [0.05, 0.1) is 6.61 Å². The number of carbonyl (C=O) groups excluding carboxylic acids is 2. The molecular formula is C27H24N2O5. The molecule has 0 aliphatic rings. The Hall–Kier alpha value is -4.41. The Balaban J connectivity index is 1.58. The Morgan fingerprint density at radius 1 is 0.971 bits per heavy atom. The van der Waals surface area contributed by atoms with Gasteiger partial charge >= 0.3 is 5.97 Å². The predicted molar refractivity (Wildman–Crippen MR) is 128 cm³/mol. The number of nitrogens with one attached hydrogen (secondary N) is 1. The molecule has 0 radical (unpaired) electrons. The zero-order valence-electron chi connectivity index (χ0n) is 18.7. The fourth-order valence-corrected chi connectivity index (χ4v) is 3.06. The van der Waals surface area contributed by atoms with Crippen molar-refractivity contribution < 1.29 is 23.8 Å². The quantitative estimate of drug-likeness (QED) is 0.163. The van der Waals surface area contributed by atoms with E-state index in [1.165, 1.54) is 13.2 Å². The second-order valence-corrected chi connectivity index (χ2v) is 7.11. The number of ether oxygens (including phenoxy) is 3. The van der Waals surface area contributed by atoms with E-state index in [1.54, 1.807) is 30.3 Å². The van der Waals surface area contributed by atoms with Crippen molar-refractivity contribution in [1.29, 1.82) is 5.26 Å².